The summed E-state index contributed by atoms with van der Waals surface area (Å²) < 4.78 is 124. The third-order valence-electron chi connectivity index (χ3n) is 12.2. The summed E-state index contributed by atoms with van der Waals surface area (Å²) in [6, 6.07) is 17.5. The number of sulfonamides is 1. The molecule has 1 amide bonds. The van der Waals surface area contributed by atoms with Crippen LogP contribution in [0.5, 0.6) is 0 Å². The summed E-state index contributed by atoms with van der Waals surface area (Å²) in [4.78, 5) is 18.8. The number of carbonyl (C=O) groups excluding carboxylic acids is 1. The molecule has 0 radical (unpaired) electrons. The number of thioether (sulfide) groups is 1. The predicted molar refractivity (Wildman–Crippen MR) is 247 cm³/mol. The van der Waals surface area contributed by atoms with E-state index in [1.54, 1.807) is 12.1 Å². The van der Waals surface area contributed by atoms with E-state index >= 15 is 0 Å². The van der Waals surface area contributed by atoms with Crippen LogP contribution in [0.4, 0.5) is 33.3 Å². The highest BCUT2D eigenvalue weighted by Gasteiger charge is 2.48. The molecule has 11 nitrogen and oxygen atoms in total. The Morgan fingerprint density at radius 1 is 0.892 bits per heavy atom. The summed E-state index contributed by atoms with van der Waals surface area (Å²) in [5.74, 6) is -0.680. The van der Waals surface area contributed by atoms with Gasteiger partial charge < -0.3 is 20.4 Å². The van der Waals surface area contributed by atoms with Gasteiger partial charge in [0.25, 0.3) is 25.8 Å². The lowest BCUT2D eigenvalue weighted by Gasteiger charge is -2.39. The number of benzene rings is 3. The Labute approximate surface area is 384 Å². The predicted octanol–water partition coefficient (Wildman–Crippen LogP) is 8.20. The highest BCUT2D eigenvalue weighted by molar-refractivity contribution is 7.99. The molecular weight excluding hydrogens is 908 g/mol. The first-order chi connectivity index (χ1) is 30.7. The van der Waals surface area contributed by atoms with Crippen molar-refractivity contribution in [3.8, 4) is 0 Å². The van der Waals surface area contributed by atoms with Crippen molar-refractivity contribution in [2.45, 2.75) is 85.0 Å². The number of allylic oxidation sites excluding steroid dienone is 2. The van der Waals surface area contributed by atoms with Gasteiger partial charge in [-0.15, -0.1) is 11.8 Å². The topological polar surface area (TPSA) is 131 Å². The van der Waals surface area contributed by atoms with E-state index in [-0.39, 0.29) is 23.8 Å². The van der Waals surface area contributed by atoms with Crippen LogP contribution in [-0.2, 0) is 19.9 Å². The summed E-state index contributed by atoms with van der Waals surface area (Å²) in [7, 11) is -10.9. The van der Waals surface area contributed by atoms with Crippen LogP contribution in [0.25, 0.3) is 0 Å². The number of rotatable bonds is 19. The summed E-state index contributed by atoms with van der Waals surface area (Å²) in [5, 5.41) is 6.26. The van der Waals surface area contributed by atoms with Gasteiger partial charge >= 0.3 is 5.51 Å². The van der Waals surface area contributed by atoms with Gasteiger partial charge in [0.15, 0.2) is 0 Å². The molecule has 2 fully saturated rings. The number of amides is 1. The van der Waals surface area contributed by atoms with Crippen molar-refractivity contribution in [3.63, 3.8) is 0 Å². The maximum atomic E-state index is 14.2. The molecule has 0 aromatic heterocycles. The number of alkyl halides is 5. The first kappa shape index (κ1) is 50.4. The van der Waals surface area contributed by atoms with E-state index in [0.29, 0.717) is 37.9 Å². The van der Waals surface area contributed by atoms with Crippen molar-refractivity contribution in [1.82, 2.24) is 19.8 Å². The number of nitrogens with zero attached hydrogens (tertiary/aromatic N) is 3. The molecule has 3 aromatic carbocycles. The summed E-state index contributed by atoms with van der Waals surface area (Å²) in [6.45, 7) is 15.8. The second-order valence-electron chi connectivity index (χ2n) is 17.7. The summed E-state index contributed by atoms with van der Waals surface area (Å²) >= 11 is 1.45. The fourth-order valence-corrected chi connectivity index (χ4v) is 11.4. The van der Waals surface area contributed by atoms with Crippen LogP contribution >= 0.6 is 11.8 Å². The molecular formula is C46H59F5N6O5S3. The van der Waals surface area contributed by atoms with E-state index in [1.807, 2.05) is 35.1 Å². The van der Waals surface area contributed by atoms with Gasteiger partial charge in [0.1, 0.15) is 4.90 Å². The van der Waals surface area contributed by atoms with Crippen LogP contribution in [0.2, 0.25) is 0 Å². The fraction of sp³-hybridized carbons (Fsp3) is 0.500. The molecule has 1 atom stereocenters. The Kier molecular flexibility index (Phi) is 16.9. The van der Waals surface area contributed by atoms with Crippen LogP contribution in [-0.4, -0.2) is 122 Å². The molecule has 6 rings (SSSR count). The van der Waals surface area contributed by atoms with E-state index in [2.05, 4.69) is 45.8 Å². The third kappa shape index (κ3) is 13.8. The number of sulfone groups is 1. The van der Waals surface area contributed by atoms with Crippen molar-refractivity contribution in [2.75, 3.05) is 81.4 Å². The smallest absolute Gasteiger partial charge is 0.380 e. The Balaban J connectivity index is 1.12. The molecule has 19 heteroatoms. The molecule has 65 heavy (non-hydrogen) atoms. The summed E-state index contributed by atoms with van der Waals surface area (Å²) in [5.41, 5.74) is -2.15. The Morgan fingerprint density at radius 2 is 1.57 bits per heavy atom. The highest BCUT2D eigenvalue weighted by atomic mass is 32.2. The number of halogens is 5. The molecule has 3 N–H and O–H groups in total. The average molecular weight is 967 g/mol. The number of nitrogens with one attached hydrogen (secondary N) is 3. The van der Waals surface area contributed by atoms with Crippen molar-refractivity contribution in [2.24, 2.45) is 5.41 Å². The molecule has 0 bridgehead atoms. The minimum atomic E-state index is -6.06. The van der Waals surface area contributed by atoms with Crippen LogP contribution in [0.3, 0.4) is 0 Å². The van der Waals surface area contributed by atoms with Gasteiger partial charge in [0.2, 0.25) is 6.43 Å². The third-order valence-corrected chi connectivity index (χ3v) is 16.2. The first-order valence-electron chi connectivity index (χ1n) is 21.9. The summed E-state index contributed by atoms with van der Waals surface area (Å²) in [6.07, 6.45) is 0.854. The molecule has 0 spiro atoms. The van der Waals surface area contributed by atoms with E-state index in [9.17, 15) is 43.6 Å². The molecule has 3 aliphatic rings. The average Bonchev–Trinajstić information content (AvgIpc) is 3.27. The maximum absolute atomic E-state index is 14.2. The Bertz CT molecular complexity index is 2370. The number of hydrogen-bond acceptors (Lipinski definition) is 11. The van der Waals surface area contributed by atoms with Gasteiger partial charge in [-0.3, -0.25) is 9.69 Å². The lowest BCUT2D eigenvalue weighted by Crippen LogP contribution is -2.47. The molecule has 2 saturated heterocycles. The van der Waals surface area contributed by atoms with Gasteiger partial charge in [-0.05, 0) is 97.7 Å². The van der Waals surface area contributed by atoms with Crippen LogP contribution < -0.4 is 20.3 Å². The SMILES string of the molecule is C=C(CCC(F)F)C1=C(CN2CCN(c3ccc(C(=O)NS(=O)(=O)c4ccc(N[C@H](CCN5CCNCC5)CSc5ccccc5)c(S(=O)(=O)C(F)(F)F)c4)cc3)CC2)CCC(C)(C)C1. The molecule has 0 saturated carbocycles. The second-order valence-corrected chi connectivity index (χ2v) is 22.3. The van der Waals surface area contributed by atoms with Gasteiger partial charge in [-0.1, -0.05) is 49.8 Å². The molecule has 1 aliphatic carbocycles. The van der Waals surface area contributed by atoms with Crippen LogP contribution in [0, 0.1) is 5.41 Å². The van der Waals surface area contributed by atoms with E-state index in [4.69, 9.17) is 0 Å². The minimum Gasteiger partial charge on any atom is -0.380 e. The Morgan fingerprint density at radius 3 is 2.22 bits per heavy atom. The zero-order valence-corrected chi connectivity index (χ0v) is 39.3. The fourth-order valence-electron chi connectivity index (χ4n) is 8.35. The Hall–Kier alpha value is -4.01. The van der Waals surface area contributed by atoms with E-state index in [0.717, 1.165) is 98.9 Å². The van der Waals surface area contributed by atoms with Crippen molar-refractivity contribution >= 4 is 48.9 Å². The van der Waals surface area contributed by atoms with Gasteiger partial charge in [-0.25, -0.2) is 30.3 Å². The minimum absolute atomic E-state index is 0.0348. The maximum Gasteiger partial charge on any atom is 0.501 e. The lowest BCUT2D eigenvalue weighted by molar-refractivity contribution is -0.0435. The van der Waals surface area contributed by atoms with E-state index in [1.165, 1.54) is 29.5 Å². The van der Waals surface area contributed by atoms with Crippen molar-refractivity contribution in [1.29, 1.82) is 0 Å². The number of anilines is 2. The largest absolute Gasteiger partial charge is 0.501 e. The van der Waals surface area contributed by atoms with Gasteiger partial charge in [-0.2, -0.15) is 13.2 Å². The normalized spacial score (nSPS) is 18.4. The highest BCUT2D eigenvalue weighted by Crippen LogP contribution is 2.43. The van der Waals surface area contributed by atoms with Gasteiger partial charge in [0.05, 0.1) is 10.6 Å². The lowest BCUT2D eigenvalue weighted by atomic mass is 9.72. The molecule has 2 heterocycles. The number of carbonyl (C=O) groups is 1. The van der Waals surface area contributed by atoms with Crippen molar-refractivity contribution < 1.29 is 43.6 Å². The molecule has 0 unspecified atom stereocenters. The molecule has 3 aromatic rings. The van der Waals surface area contributed by atoms with E-state index < -0.39 is 59.2 Å². The van der Waals surface area contributed by atoms with Crippen LogP contribution in [0.15, 0.2) is 111 Å². The number of piperazine rings is 2. The quantitative estimate of drug-likeness (QED) is 0.0795. The van der Waals surface area contributed by atoms with Crippen LogP contribution in [0.1, 0.15) is 62.7 Å². The standard InChI is InChI=1S/C46H59F5N6O5S3/c1-33(9-16-43(47)48)40-30-45(2,3)19-17-35(40)31-56-25-27-57(28-26-56)37-12-10-34(11-13-37)44(58)54-65(61,62)39-14-15-41(42(29-39)64(59,60)46(49,50)51)53-36(18-22-55-23-20-52-21-24-55)32-63-38-7-5-4-6-8-38/h4-8,10-15,29,36,43,52-53H,1,9,16-28,30-32H2,2-3H3,(H,54,58)/t36-/m1/s1. The monoisotopic (exact) mass is 966 g/mol. The van der Waals surface area contributed by atoms with Gasteiger partial charge in [0, 0.05) is 99.8 Å². The second kappa shape index (κ2) is 21.7. The zero-order valence-electron chi connectivity index (χ0n) is 36.8. The molecule has 2 aliphatic heterocycles. The first-order valence-corrected chi connectivity index (χ1v) is 25.8. The van der Waals surface area contributed by atoms with Crippen molar-refractivity contribution in [3.05, 3.63) is 102 Å². The number of hydrogen-bond donors (Lipinski definition) is 3. The zero-order chi connectivity index (χ0) is 47.0. The molecule has 356 valence electrons.